The fraction of sp³-hybridized carbons (Fsp3) is 0.500. The third-order valence-corrected chi connectivity index (χ3v) is 2.78. The molecule has 0 fully saturated rings. The first kappa shape index (κ1) is 13.4. The molecule has 3 nitrogen and oxygen atoms in total. The molecule has 0 bridgehead atoms. The van der Waals surface area contributed by atoms with Crippen LogP contribution in [-0.4, -0.2) is 13.7 Å². The molecule has 0 aromatic heterocycles. The Balaban J connectivity index is 2.54. The third kappa shape index (κ3) is 3.99. The van der Waals surface area contributed by atoms with E-state index >= 15 is 0 Å². The highest BCUT2D eigenvalue weighted by Gasteiger charge is 2.15. The number of ether oxygens (including phenoxy) is 1. The zero-order valence-electron chi connectivity index (χ0n) is 11.0. The van der Waals surface area contributed by atoms with Crippen molar-refractivity contribution < 1.29 is 4.74 Å². The van der Waals surface area contributed by atoms with E-state index in [9.17, 15) is 0 Å². The molecule has 17 heavy (non-hydrogen) atoms. The van der Waals surface area contributed by atoms with Gasteiger partial charge in [-0.2, -0.15) is 5.26 Å². The first-order valence-electron chi connectivity index (χ1n) is 5.78. The molecule has 0 atom stereocenters. The Morgan fingerprint density at radius 2 is 2.12 bits per heavy atom. The van der Waals surface area contributed by atoms with E-state index in [-0.39, 0.29) is 5.41 Å². The Morgan fingerprint density at radius 1 is 1.41 bits per heavy atom. The van der Waals surface area contributed by atoms with Crippen molar-refractivity contribution in [3.05, 3.63) is 23.8 Å². The summed E-state index contributed by atoms with van der Waals surface area (Å²) in [5.41, 5.74) is 1.91. The molecule has 0 radical (unpaired) electrons. The van der Waals surface area contributed by atoms with Crippen LogP contribution in [0.4, 0.5) is 5.69 Å². The maximum absolute atomic E-state index is 8.91. The SMILES string of the molecule is COc1ccc(NCCC(C)(C)C#N)cc1C. The van der Waals surface area contributed by atoms with Gasteiger partial charge in [0.2, 0.25) is 0 Å². The Kier molecular flexibility index (Phi) is 4.39. The second-order valence-corrected chi connectivity index (χ2v) is 4.86. The first-order valence-corrected chi connectivity index (χ1v) is 5.78. The number of benzene rings is 1. The molecule has 0 saturated carbocycles. The Labute approximate surface area is 103 Å². The van der Waals surface area contributed by atoms with Gasteiger partial charge < -0.3 is 10.1 Å². The number of nitriles is 1. The average molecular weight is 232 g/mol. The molecule has 1 rings (SSSR count). The van der Waals surface area contributed by atoms with Gasteiger partial charge in [-0.15, -0.1) is 0 Å². The molecule has 1 aromatic rings. The lowest BCUT2D eigenvalue weighted by molar-refractivity contribution is 0.411. The van der Waals surface area contributed by atoms with Gasteiger partial charge in [-0.05, 0) is 51.0 Å². The van der Waals surface area contributed by atoms with Crippen molar-refractivity contribution >= 4 is 5.69 Å². The van der Waals surface area contributed by atoms with Crippen molar-refractivity contribution in [2.45, 2.75) is 27.2 Å². The number of nitrogens with one attached hydrogen (secondary N) is 1. The molecule has 0 aliphatic rings. The van der Waals surface area contributed by atoms with Gasteiger partial charge in [-0.3, -0.25) is 0 Å². The van der Waals surface area contributed by atoms with Crippen molar-refractivity contribution in [1.82, 2.24) is 0 Å². The van der Waals surface area contributed by atoms with E-state index in [2.05, 4.69) is 17.5 Å². The molecular formula is C14H20N2O. The van der Waals surface area contributed by atoms with Crippen LogP contribution in [-0.2, 0) is 0 Å². The standard InChI is InChI=1S/C14H20N2O/c1-11-9-12(5-6-13(11)17-4)16-8-7-14(2,3)10-15/h5-6,9,16H,7-8H2,1-4H3. The summed E-state index contributed by atoms with van der Waals surface area (Å²) in [6, 6.07) is 8.29. The molecule has 0 amide bonds. The molecular weight excluding hydrogens is 212 g/mol. The van der Waals surface area contributed by atoms with Crippen LogP contribution < -0.4 is 10.1 Å². The number of hydrogen-bond acceptors (Lipinski definition) is 3. The monoisotopic (exact) mass is 232 g/mol. The Hall–Kier alpha value is -1.69. The second kappa shape index (κ2) is 5.58. The predicted molar refractivity (Wildman–Crippen MR) is 70.2 cm³/mol. The zero-order valence-corrected chi connectivity index (χ0v) is 11.0. The van der Waals surface area contributed by atoms with E-state index in [0.717, 1.165) is 30.0 Å². The van der Waals surface area contributed by atoms with Gasteiger partial charge in [0.05, 0.1) is 18.6 Å². The molecule has 0 saturated heterocycles. The van der Waals surface area contributed by atoms with Gasteiger partial charge in [-0.1, -0.05) is 0 Å². The minimum Gasteiger partial charge on any atom is -0.496 e. The van der Waals surface area contributed by atoms with Crippen LogP contribution in [0.3, 0.4) is 0 Å². The van der Waals surface area contributed by atoms with E-state index < -0.39 is 0 Å². The molecule has 0 aliphatic heterocycles. The summed E-state index contributed by atoms with van der Waals surface area (Å²) in [5, 5.41) is 12.2. The minimum atomic E-state index is -0.269. The summed E-state index contributed by atoms with van der Waals surface area (Å²) in [5.74, 6) is 0.896. The van der Waals surface area contributed by atoms with Gasteiger partial charge in [0, 0.05) is 12.2 Å². The normalized spacial score (nSPS) is 10.8. The third-order valence-electron chi connectivity index (χ3n) is 2.78. The largest absolute Gasteiger partial charge is 0.496 e. The smallest absolute Gasteiger partial charge is 0.121 e. The molecule has 1 aromatic carbocycles. The van der Waals surface area contributed by atoms with Crippen molar-refractivity contribution in [2.24, 2.45) is 5.41 Å². The van der Waals surface area contributed by atoms with E-state index in [1.165, 1.54) is 0 Å². The van der Waals surface area contributed by atoms with Crippen LogP contribution in [0.25, 0.3) is 0 Å². The van der Waals surface area contributed by atoms with Crippen molar-refractivity contribution in [1.29, 1.82) is 5.26 Å². The number of rotatable bonds is 5. The Bertz CT molecular complexity index is 419. The quantitative estimate of drug-likeness (QED) is 0.846. The van der Waals surface area contributed by atoms with E-state index in [0.29, 0.717) is 0 Å². The number of aryl methyl sites for hydroxylation is 1. The number of anilines is 1. The molecule has 0 unspecified atom stereocenters. The van der Waals surface area contributed by atoms with Crippen LogP contribution in [0.2, 0.25) is 0 Å². The van der Waals surface area contributed by atoms with Crippen LogP contribution >= 0.6 is 0 Å². The molecule has 0 heterocycles. The summed E-state index contributed by atoms with van der Waals surface area (Å²) in [7, 11) is 1.67. The van der Waals surface area contributed by atoms with Crippen molar-refractivity contribution in [3.8, 4) is 11.8 Å². The van der Waals surface area contributed by atoms with E-state index in [1.807, 2.05) is 32.9 Å². The number of methoxy groups -OCH3 is 1. The molecule has 0 aliphatic carbocycles. The maximum atomic E-state index is 8.91. The summed E-state index contributed by atoms with van der Waals surface area (Å²) >= 11 is 0. The first-order chi connectivity index (χ1) is 7.98. The van der Waals surface area contributed by atoms with Crippen LogP contribution in [0.15, 0.2) is 18.2 Å². The molecule has 0 spiro atoms. The van der Waals surface area contributed by atoms with Crippen LogP contribution in [0, 0.1) is 23.7 Å². The van der Waals surface area contributed by atoms with Crippen LogP contribution in [0.1, 0.15) is 25.8 Å². The van der Waals surface area contributed by atoms with Gasteiger partial charge >= 0.3 is 0 Å². The minimum absolute atomic E-state index is 0.269. The zero-order chi connectivity index (χ0) is 12.9. The van der Waals surface area contributed by atoms with E-state index in [1.54, 1.807) is 7.11 Å². The van der Waals surface area contributed by atoms with Crippen molar-refractivity contribution in [2.75, 3.05) is 19.0 Å². The van der Waals surface area contributed by atoms with Gasteiger partial charge in [0.15, 0.2) is 0 Å². The molecule has 3 heteroatoms. The van der Waals surface area contributed by atoms with Crippen LogP contribution in [0.5, 0.6) is 5.75 Å². The lowest BCUT2D eigenvalue weighted by Crippen LogP contribution is -2.14. The summed E-state index contributed by atoms with van der Waals surface area (Å²) < 4.78 is 5.21. The summed E-state index contributed by atoms with van der Waals surface area (Å²) in [6.45, 7) is 6.72. The number of nitrogens with zero attached hydrogens (tertiary/aromatic N) is 1. The topological polar surface area (TPSA) is 45.0 Å². The predicted octanol–water partition coefficient (Wildman–Crippen LogP) is 3.36. The molecule has 1 N–H and O–H groups in total. The lowest BCUT2D eigenvalue weighted by Gasteiger charge is -2.16. The van der Waals surface area contributed by atoms with Gasteiger partial charge in [-0.25, -0.2) is 0 Å². The number of hydrogen-bond donors (Lipinski definition) is 1. The fourth-order valence-corrected chi connectivity index (χ4v) is 1.56. The lowest BCUT2D eigenvalue weighted by atomic mass is 9.91. The fourth-order valence-electron chi connectivity index (χ4n) is 1.56. The summed E-state index contributed by atoms with van der Waals surface area (Å²) in [4.78, 5) is 0. The van der Waals surface area contributed by atoms with E-state index in [4.69, 9.17) is 10.00 Å². The summed E-state index contributed by atoms with van der Waals surface area (Å²) in [6.07, 6.45) is 0.828. The van der Waals surface area contributed by atoms with Crippen molar-refractivity contribution in [3.63, 3.8) is 0 Å². The van der Waals surface area contributed by atoms with Gasteiger partial charge in [0.25, 0.3) is 0 Å². The maximum Gasteiger partial charge on any atom is 0.121 e. The highest BCUT2D eigenvalue weighted by atomic mass is 16.5. The second-order valence-electron chi connectivity index (χ2n) is 4.86. The molecule has 92 valence electrons. The van der Waals surface area contributed by atoms with Gasteiger partial charge in [0.1, 0.15) is 5.75 Å². The Morgan fingerprint density at radius 3 is 2.65 bits per heavy atom. The average Bonchev–Trinajstić information content (AvgIpc) is 2.29. The highest BCUT2D eigenvalue weighted by molar-refractivity contribution is 5.50. The highest BCUT2D eigenvalue weighted by Crippen LogP contribution is 2.22.